The molecule has 0 aromatic carbocycles. The zero-order valence-corrected chi connectivity index (χ0v) is 14.0. The lowest BCUT2D eigenvalue weighted by atomic mass is 9.89. The SMILES string of the molecule is CO[C@@H]1CCN(c2ncccn2)[C@@H]2CN(Cc3cccnc3)C[C@@H]21. The van der Waals surface area contributed by atoms with Crippen molar-refractivity contribution in [2.24, 2.45) is 5.92 Å². The maximum absolute atomic E-state index is 5.78. The van der Waals surface area contributed by atoms with Gasteiger partial charge in [0, 0.05) is 64.0 Å². The number of pyridine rings is 1. The third-order valence-electron chi connectivity index (χ3n) is 5.18. The molecule has 24 heavy (non-hydrogen) atoms. The van der Waals surface area contributed by atoms with Crippen LogP contribution in [0.1, 0.15) is 12.0 Å². The molecule has 0 unspecified atom stereocenters. The number of anilines is 1. The molecule has 2 aliphatic rings. The lowest BCUT2D eigenvalue weighted by molar-refractivity contribution is 0.0314. The van der Waals surface area contributed by atoms with Crippen molar-refractivity contribution in [3.8, 4) is 0 Å². The predicted molar refractivity (Wildman–Crippen MR) is 91.6 cm³/mol. The van der Waals surface area contributed by atoms with Crippen LogP contribution in [-0.2, 0) is 11.3 Å². The molecule has 0 saturated carbocycles. The van der Waals surface area contributed by atoms with Crippen molar-refractivity contribution >= 4 is 5.95 Å². The molecule has 2 aromatic rings. The standard InChI is InChI=1S/C18H23N5O/c1-24-17-5-9-23(18-20-7-3-8-21-18)16-13-22(12-15(16)17)11-14-4-2-6-19-10-14/h2-4,6-8,10,15-17H,5,9,11-13H2,1H3/t15-,16+,17+/m0/s1. The largest absolute Gasteiger partial charge is 0.381 e. The summed E-state index contributed by atoms with van der Waals surface area (Å²) in [4.78, 5) is 18.0. The fraction of sp³-hybridized carbons (Fsp3) is 0.500. The van der Waals surface area contributed by atoms with E-state index in [9.17, 15) is 0 Å². The van der Waals surface area contributed by atoms with Gasteiger partial charge >= 0.3 is 0 Å². The van der Waals surface area contributed by atoms with Crippen molar-refractivity contribution in [3.63, 3.8) is 0 Å². The van der Waals surface area contributed by atoms with E-state index >= 15 is 0 Å². The molecule has 2 fully saturated rings. The molecule has 0 spiro atoms. The quantitative estimate of drug-likeness (QED) is 0.851. The Kier molecular flexibility index (Phi) is 4.40. The van der Waals surface area contributed by atoms with Gasteiger partial charge in [-0.15, -0.1) is 0 Å². The Morgan fingerprint density at radius 2 is 2.04 bits per heavy atom. The minimum atomic E-state index is 0.314. The van der Waals surface area contributed by atoms with E-state index in [2.05, 4.69) is 30.8 Å². The number of nitrogens with zero attached hydrogens (tertiary/aromatic N) is 5. The molecule has 3 atom stereocenters. The van der Waals surface area contributed by atoms with Gasteiger partial charge in [-0.25, -0.2) is 9.97 Å². The number of methoxy groups -OCH3 is 1. The second-order valence-electron chi connectivity index (χ2n) is 6.59. The molecule has 4 rings (SSSR count). The Labute approximate surface area is 142 Å². The molecule has 126 valence electrons. The molecule has 0 amide bonds. The van der Waals surface area contributed by atoms with Crippen LogP contribution >= 0.6 is 0 Å². The van der Waals surface area contributed by atoms with Gasteiger partial charge in [-0.3, -0.25) is 9.88 Å². The summed E-state index contributed by atoms with van der Waals surface area (Å²) in [6.07, 6.45) is 8.76. The van der Waals surface area contributed by atoms with E-state index < -0.39 is 0 Å². The van der Waals surface area contributed by atoms with Crippen molar-refractivity contribution in [1.29, 1.82) is 0 Å². The van der Waals surface area contributed by atoms with Crippen LogP contribution in [0.4, 0.5) is 5.95 Å². The van der Waals surface area contributed by atoms with E-state index in [0.717, 1.165) is 38.5 Å². The topological polar surface area (TPSA) is 54.4 Å². The number of piperidine rings is 1. The molecule has 4 heterocycles. The van der Waals surface area contributed by atoms with Crippen LogP contribution < -0.4 is 4.90 Å². The number of fused-ring (bicyclic) bond motifs is 1. The van der Waals surface area contributed by atoms with Crippen LogP contribution in [0.5, 0.6) is 0 Å². The molecular formula is C18H23N5O. The van der Waals surface area contributed by atoms with Gasteiger partial charge in [0.25, 0.3) is 0 Å². The second-order valence-corrected chi connectivity index (χ2v) is 6.59. The highest BCUT2D eigenvalue weighted by molar-refractivity contribution is 5.34. The maximum Gasteiger partial charge on any atom is 0.225 e. The van der Waals surface area contributed by atoms with Gasteiger partial charge in [-0.1, -0.05) is 6.07 Å². The zero-order valence-electron chi connectivity index (χ0n) is 14.0. The highest BCUT2D eigenvalue weighted by Gasteiger charge is 2.45. The monoisotopic (exact) mass is 325 g/mol. The average molecular weight is 325 g/mol. The third kappa shape index (κ3) is 2.99. The zero-order chi connectivity index (χ0) is 16.4. The summed E-state index contributed by atoms with van der Waals surface area (Å²) in [7, 11) is 1.83. The number of hydrogen-bond donors (Lipinski definition) is 0. The molecule has 6 heteroatoms. The summed E-state index contributed by atoms with van der Waals surface area (Å²) in [6.45, 7) is 3.93. The van der Waals surface area contributed by atoms with Gasteiger partial charge in [0.15, 0.2) is 0 Å². The lowest BCUT2D eigenvalue weighted by Gasteiger charge is -2.41. The van der Waals surface area contributed by atoms with Gasteiger partial charge < -0.3 is 9.64 Å². The van der Waals surface area contributed by atoms with Crippen molar-refractivity contribution in [3.05, 3.63) is 48.5 Å². The van der Waals surface area contributed by atoms with Gasteiger partial charge in [-0.05, 0) is 24.1 Å². The molecule has 6 nitrogen and oxygen atoms in total. The van der Waals surface area contributed by atoms with Gasteiger partial charge in [0.1, 0.15) is 0 Å². The molecule has 0 radical (unpaired) electrons. The summed E-state index contributed by atoms with van der Waals surface area (Å²) < 4.78 is 5.78. The number of rotatable bonds is 4. The Bertz CT molecular complexity index is 653. The lowest BCUT2D eigenvalue weighted by Crippen LogP contribution is -2.52. The molecule has 0 N–H and O–H groups in total. The first-order valence-corrected chi connectivity index (χ1v) is 8.53. The average Bonchev–Trinajstić information content (AvgIpc) is 3.06. The van der Waals surface area contributed by atoms with E-state index in [1.54, 1.807) is 0 Å². The second kappa shape index (κ2) is 6.83. The molecule has 2 saturated heterocycles. The Hall–Kier alpha value is -2.05. The van der Waals surface area contributed by atoms with E-state index in [0.29, 0.717) is 18.1 Å². The van der Waals surface area contributed by atoms with Gasteiger partial charge in [0.05, 0.1) is 12.1 Å². The van der Waals surface area contributed by atoms with Crippen LogP contribution in [0.3, 0.4) is 0 Å². The van der Waals surface area contributed by atoms with E-state index in [1.165, 1.54) is 5.56 Å². The molecular weight excluding hydrogens is 302 g/mol. The summed E-state index contributed by atoms with van der Waals surface area (Å²) in [5.74, 6) is 1.33. The fourth-order valence-electron chi connectivity index (χ4n) is 4.10. The summed E-state index contributed by atoms with van der Waals surface area (Å²) in [6, 6.07) is 6.41. The van der Waals surface area contributed by atoms with Crippen LogP contribution in [0.25, 0.3) is 0 Å². The minimum absolute atomic E-state index is 0.314. The first kappa shape index (κ1) is 15.5. The normalized spacial score (nSPS) is 27.2. The van der Waals surface area contributed by atoms with Crippen LogP contribution in [-0.4, -0.2) is 58.7 Å². The highest BCUT2D eigenvalue weighted by Crippen LogP contribution is 2.34. The minimum Gasteiger partial charge on any atom is -0.381 e. The van der Waals surface area contributed by atoms with Crippen molar-refractivity contribution in [1.82, 2.24) is 19.9 Å². The fourth-order valence-corrected chi connectivity index (χ4v) is 4.10. The number of likely N-dealkylation sites (tertiary alicyclic amines) is 1. The number of hydrogen-bond acceptors (Lipinski definition) is 6. The summed E-state index contributed by atoms with van der Waals surface area (Å²) >= 11 is 0. The molecule has 2 aliphatic heterocycles. The van der Waals surface area contributed by atoms with E-state index in [4.69, 9.17) is 4.74 Å². The van der Waals surface area contributed by atoms with Crippen LogP contribution in [0.15, 0.2) is 43.0 Å². The number of aromatic nitrogens is 3. The number of ether oxygens (including phenoxy) is 1. The highest BCUT2D eigenvalue weighted by atomic mass is 16.5. The van der Waals surface area contributed by atoms with Gasteiger partial charge in [0.2, 0.25) is 5.95 Å². The predicted octanol–water partition coefficient (Wildman–Crippen LogP) is 1.60. The Morgan fingerprint density at radius 3 is 2.79 bits per heavy atom. The molecule has 0 bridgehead atoms. The summed E-state index contributed by atoms with van der Waals surface area (Å²) in [5, 5.41) is 0. The first-order valence-electron chi connectivity index (χ1n) is 8.53. The molecule has 2 aromatic heterocycles. The van der Waals surface area contributed by atoms with Crippen molar-refractivity contribution < 1.29 is 4.74 Å². The van der Waals surface area contributed by atoms with Crippen molar-refractivity contribution in [2.75, 3.05) is 31.6 Å². The van der Waals surface area contributed by atoms with Gasteiger partial charge in [-0.2, -0.15) is 0 Å². The third-order valence-corrected chi connectivity index (χ3v) is 5.18. The van der Waals surface area contributed by atoms with E-state index in [1.807, 2.05) is 44.0 Å². The molecule has 0 aliphatic carbocycles. The van der Waals surface area contributed by atoms with Crippen molar-refractivity contribution in [2.45, 2.75) is 25.1 Å². The Balaban J connectivity index is 1.53. The Morgan fingerprint density at radius 1 is 1.17 bits per heavy atom. The first-order chi connectivity index (χ1) is 11.8. The summed E-state index contributed by atoms with van der Waals surface area (Å²) in [5.41, 5.74) is 1.26. The van der Waals surface area contributed by atoms with Crippen LogP contribution in [0, 0.1) is 5.92 Å². The smallest absolute Gasteiger partial charge is 0.225 e. The van der Waals surface area contributed by atoms with Crippen LogP contribution in [0.2, 0.25) is 0 Å². The maximum atomic E-state index is 5.78. The van der Waals surface area contributed by atoms with E-state index in [-0.39, 0.29) is 0 Å².